The van der Waals surface area contributed by atoms with Crippen LogP contribution < -0.4 is 5.32 Å². The Morgan fingerprint density at radius 2 is 2.07 bits per heavy atom. The van der Waals surface area contributed by atoms with Crippen LogP contribution in [0.1, 0.15) is 39.5 Å². The third kappa shape index (κ3) is 9.71. The molecule has 0 aliphatic rings. The van der Waals surface area contributed by atoms with Crippen molar-refractivity contribution in [2.75, 3.05) is 26.8 Å². The third-order valence-electron chi connectivity index (χ3n) is 2.47. The van der Waals surface area contributed by atoms with E-state index < -0.39 is 0 Å². The fourth-order valence-electron chi connectivity index (χ4n) is 1.41. The van der Waals surface area contributed by atoms with Gasteiger partial charge in [-0.25, -0.2) is 0 Å². The monoisotopic (exact) mass is 212 g/mol. The Morgan fingerprint density at radius 3 is 2.67 bits per heavy atom. The fourth-order valence-corrected chi connectivity index (χ4v) is 1.41. The molecule has 3 heteroatoms. The molecular formula is C12H24N2O. The molecule has 0 heterocycles. The zero-order valence-corrected chi connectivity index (χ0v) is 10.3. The van der Waals surface area contributed by atoms with Gasteiger partial charge in [-0.2, -0.15) is 5.26 Å². The highest BCUT2D eigenvalue weighted by molar-refractivity contribution is 4.78. The molecule has 0 aliphatic heterocycles. The molecule has 0 bridgehead atoms. The minimum atomic E-state index is 0.233. The predicted octanol–water partition coefficient (Wildman–Crippen LogP) is 2.33. The average molecular weight is 212 g/mol. The first kappa shape index (κ1) is 14.4. The molecule has 0 rings (SSSR count). The van der Waals surface area contributed by atoms with E-state index in [0.29, 0.717) is 6.42 Å². The van der Waals surface area contributed by atoms with E-state index in [0.717, 1.165) is 39.0 Å². The topological polar surface area (TPSA) is 45.0 Å². The number of methoxy groups -OCH3 is 1. The number of hydrogen-bond donors (Lipinski definition) is 1. The van der Waals surface area contributed by atoms with Crippen molar-refractivity contribution in [1.29, 1.82) is 5.26 Å². The van der Waals surface area contributed by atoms with Gasteiger partial charge in [-0.05, 0) is 31.2 Å². The Hall–Kier alpha value is -0.590. The maximum atomic E-state index is 8.51. The summed E-state index contributed by atoms with van der Waals surface area (Å²) in [6.45, 7) is 7.28. The van der Waals surface area contributed by atoms with Gasteiger partial charge in [0.25, 0.3) is 0 Å². The van der Waals surface area contributed by atoms with Crippen LogP contribution in [-0.4, -0.2) is 26.8 Å². The third-order valence-corrected chi connectivity index (χ3v) is 2.47. The Labute approximate surface area is 93.8 Å². The summed E-state index contributed by atoms with van der Waals surface area (Å²) in [4.78, 5) is 0. The summed E-state index contributed by atoms with van der Waals surface area (Å²) in [6, 6.07) is 2.20. The predicted molar refractivity (Wildman–Crippen MR) is 62.6 cm³/mol. The molecule has 0 saturated heterocycles. The minimum Gasteiger partial charge on any atom is -0.385 e. The van der Waals surface area contributed by atoms with Crippen LogP contribution >= 0.6 is 0 Å². The molecule has 0 fully saturated rings. The molecule has 0 spiro atoms. The summed E-state index contributed by atoms with van der Waals surface area (Å²) < 4.78 is 4.98. The lowest BCUT2D eigenvalue weighted by molar-refractivity contribution is 0.192. The number of nitrogens with one attached hydrogen (secondary N) is 1. The van der Waals surface area contributed by atoms with Crippen LogP contribution in [0.25, 0.3) is 0 Å². The van der Waals surface area contributed by atoms with E-state index in [1.165, 1.54) is 0 Å². The van der Waals surface area contributed by atoms with E-state index in [-0.39, 0.29) is 5.41 Å². The second-order valence-corrected chi connectivity index (χ2v) is 4.70. The molecule has 1 N–H and O–H groups in total. The molecule has 0 atom stereocenters. The summed E-state index contributed by atoms with van der Waals surface area (Å²) in [5.74, 6) is 0. The van der Waals surface area contributed by atoms with E-state index in [2.05, 4.69) is 25.2 Å². The van der Waals surface area contributed by atoms with E-state index >= 15 is 0 Å². The number of rotatable bonds is 9. The number of hydrogen-bond acceptors (Lipinski definition) is 3. The molecule has 0 radical (unpaired) electrons. The highest BCUT2D eigenvalue weighted by Gasteiger charge is 2.16. The van der Waals surface area contributed by atoms with E-state index in [1.54, 1.807) is 7.11 Å². The first-order chi connectivity index (χ1) is 7.12. The van der Waals surface area contributed by atoms with Gasteiger partial charge in [0.15, 0.2) is 0 Å². The van der Waals surface area contributed by atoms with Crippen LogP contribution in [0.2, 0.25) is 0 Å². The fraction of sp³-hybridized carbons (Fsp3) is 0.917. The van der Waals surface area contributed by atoms with Gasteiger partial charge >= 0.3 is 0 Å². The van der Waals surface area contributed by atoms with Gasteiger partial charge in [-0.15, -0.1) is 0 Å². The van der Waals surface area contributed by atoms with Crippen LogP contribution in [0.3, 0.4) is 0 Å². The largest absolute Gasteiger partial charge is 0.385 e. The first-order valence-corrected chi connectivity index (χ1v) is 5.69. The minimum absolute atomic E-state index is 0.233. The Balaban J connectivity index is 3.36. The summed E-state index contributed by atoms with van der Waals surface area (Å²) in [5.41, 5.74) is 0.233. The molecule has 0 amide bonds. The van der Waals surface area contributed by atoms with Crippen LogP contribution in [0, 0.1) is 16.7 Å². The van der Waals surface area contributed by atoms with Gasteiger partial charge in [-0.1, -0.05) is 13.8 Å². The molecule has 0 aromatic heterocycles. The average Bonchev–Trinajstić information content (AvgIpc) is 2.20. The molecule has 0 aromatic carbocycles. The SMILES string of the molecule is COCCCCNCC(C)(C)CCC#N. The van der Waals surface area contributed by atoms with Crippen molar-refractivity contribution in [1.82, 2.24) is 5.32 Å². The lowest BCUT2D eigenvalue weighted by atomic mass is 9.88. The molecule has 0 saturated carbocycles. The highest BCUT2D eigenvalue weighted by Crippen LogP contribution is 2.20. The number of unbranched alkanes of at least 4 members (excludes halogenated alkanes) is 1. The molecule has 3 nitrogen and oxygen atoms in total. The van der Waals surface area contributed by atoms with Crippen LogP contribution in [0.5, 0.6) is 0 Å². The molecule has 0 aliphatic carbocycles. The van der Waals surface area contributed by atoms with Crippen LogP contribution in [0.4, 0.5) is 0 Å². The molecule has 0 aromatic rings. The van der Waals surface area contributed by atoms with Crippen molar-refractivity contribution in [3.05, 3.63) is 0 Å². The maximum Gasteiger partial charge on any atom is 0.0621 e. The molecule has 88 valence electrons. The lowest BCUT2D eigenvalue weighted by Crippen LogP contribution is -2.30. The zero-order chi connectivity index (χ0) is 11.6. The second kappa shape index (κ2) is 8.70. The summed E-state index contributed by atoms with van der Waals surface area (Å²) in [7, 11) is 1.73. The molecular weight excluding hydrogens is 188 g/mol. The van der Waals surface area contributed by atoms with Crippen LogP contribution in [0.15, 0.2) is 0 Å². The van der Waals surface area contributed by atoms with Gasteiger partial charge in [0.2, 0.25) is 0 Å². The van der Waals surface area contributed by atoms with Gasteiger partial charge in [0, 0.05) is 26.7 Å². The van der Waals surface area contributed by atoms with Gasteiger partial charge in [0.05, 0.1) is 6.07 Å². The standard InChI is InChI=1S/C12H24N2O/c1-12(2,7-6-8-13)11-14-9-4-5-10-15-3/h14H,4-7,9-11H2,1-3H3. The van der Waals surface area contributed by atoms with Crippen molar-refractivity contribution in [3.8, 4) is 6.07 Å². The van der Waals surface area contributed by atoms with Gasteiger partial charge in [-0.3, -0.25) is 0 Å². The Morgan fingerprint density at radius 1 is 1.33 bits per heavy atom. The molecule has 15 heavy (non-hydrogen) atoms. The summed E-state index contributed by atoms with van der Waals surface area (Å²) >= 11 is 0. The Bertz CT molecular complexity index is 185. The smallest absolute Gasteiger partial charge is 0.0621 e. The summed E-state index contributed by atoms with van der Waals surface area (Å²) in [5, 5.41) is 11.9. The normalized spacial score (nSPS) is 11.3. The Kier molecular flexibility index (Phi) is 8.35. The lowest BCUT2D eigenvalue weighted by Gasteiger charge is -2.23. The number of ether oxygens (including phenoxy) is 1. The van der Waals surface area contributed by atoms with Crippen LogP contribution in [-0.2, 0) is 4.74 Å². The number of nitriles is 1. The van der Waals surface area contributed by atoms with Crippen molar-refractivity contribution in [2.45, 2.75) is 39.5 Å². The zero-order valence-electron chi connectivity index (χ0n) is 10.3. The van der Waals surface area contributed by atoms with Crippen molar-refractivity contribution in [3.63, 3.8) is 0 Å². The highest BCUT2D eigenvalue weighted by atomic mass is 16.5. The van der Waals surface area contributed by atoms with Gasteiger partial charge < -0.3 is 10.1 Å². The van der Waals surface area contributed by atoms with Crippen molar-refractivity contribution >= 4 is 0 Å². The van der Waals surface area contributed by atoms with E-state index in [1.807, 2.05) is 0 Å². The quantitative estimate of drug-likeness (QED) is 0.597. The maximum absolute atomic E-state index is 8.51. The van der Waals surface area contributed by atoms with Crippen molar-refractivity contribution < 1.29 is 4.74 Å². The van der Waals surface area contributed by atoms with Crippen molar-refractivity contribution in [2.24, 2.45) is 5.41 Å². The number of nitrogens with zero attached hydrogens (tertiary/aromatic N) is 1. The van der Waals surface area contributed by atoms with Gasteiger partial charge in [0.1, 0.15) is 0 Å². The van der Waals surface area contributed by atoms with E-state index in [4.69, 9.17) is 10.00 Å². The second-order valence-electron chi connectivity index (χ2n) is 4.70. The van der Waals surface area contributed by atoms with E-state index in [9.17, 15) is 0 Å². The first-order valence-electron chi connectivity index (χ1n) is 5.69. The summed E-state index contributed by atoms with van der Waals surface area (Å²) in [6.07, 6.45) is 3.89. The molecule has 0 unspecified atom stereocenters.